The summed E-state index contributed by atoms with van der Waals surface area (Å²) in [6.45, 7) is 11.0. The van der Waals surface area contributed by atoms with Gasteiger partial charge in [-0.25, -0.2) is 9.78 Å². The summed E-state index contributed by atoms with van der Waals surface area (Å²) in [5.74, 6) is 1.74. The summed E-state index contributed by atoms with van der Waals surface area (Å²) in [6.07, 6.45) is 0. The van der Waals surface area contributed by atoms with E-state index in [1.807, 2.05) is 49.4 Å². The molecular weight excluding hydrogens is 687 g/mol. The van der Waals surface area contributed by atoms with Crippen LogP contribution in [0.15, 0.2) is 91.0 Å². The van der Waals surface area contributed by atoms with Crippen LogP contribution < -0.4 is 0 Å². The van der Waals surface area contributed by atoms with Crippen molar-refractivity contribution in [3.8, 4) is 39.8 Å². The molecule has 6 rings (SSSR count). The van der Waals surface area contributed by atoms with Gasteiger partial charge < -0.3 is 9.67 Å². The summed E-state index contributed by atoms with van der Waals surface area (Å²) in [7, 11) is 0. The number of hydrogen-bond donors (Lipinski definition) is 1. The molecule has 0 unspecified atom stereocenters. The molecule has 1 N–H and O–H groups in total. The van der Waals surface area contributed by atoms with Crippen LogP contribution in [0.1, 0.15) is 56.4 Å². The van der Waals surface area contributed by atoms with Gasteiger partial charge in [-0.15, -0.1) is 24.3 Å². The predicted octanol–water partition coefficient (Wildman–Crippen LogP) is 8.60. The van der Waals surface area contributed by atoms with Gasteiger partial charge in [0.1, 0.15) is 11.4 Å². The Hall–Kier alpha value is -3.95. The first-order valence-electron chi connectivity index (χ1n) is 13.8. The Kier molecular flexibility index (Phi) is 8.02. The Morgan fingerprint density at radius 2 is 1.39 bits per heavy atom. The van der Waals surface area contributed by atoms with Crippen molar-refractivity contribution >= 4 is 11.0 Å². The molecular formula is C35H33N4OPt-. The Labute approximate surface area is 255 Å². The molecule has 0 spiro atoms. The molecule has 0 aliphatic heterocycles. The summed E-state index contributed by atoms with van der Waals surface area (Å²) in [6, 6.07) is 34.0. The SMILES string of the molecule is Cc1cc(-c2[c-]c(-c3nc4ccccc4n3-c3c(C(C)C)cccc3C(C)C)ccc2)nn1-c1ccccc1O.[Pt]. The van der Waals surface area contributed by atoms with Gasteiger partial charge in [-0.3, -0.25) is 4.98 Å². The minimum absolute atomic E-state index is 0. The van der Waals surface area contributed by atoms with Crippen molar-refractivity contribution in [2.24, 2.45) is 0 Å². The fourth-order valence-corrected chi connectivity index (χ4v) is 5.45. The molecule has 0 amide bonds. The summed E-state index contributed by atoms with van der Waals surface area (Å²) in [5.41, 5.74) is 9.95. The van der Waals surface area contributed by atoms with Crippen LogP contribution in [0.3, 0.4) is 0 Å². The number of phenols is 1. The summed E-state index contributed by atoms with van der Waals surface area (Å²) < 4.78 is 4.09. The van der Waals surface area contributed by atoms with Crippen molar-refractivity contribution in [1.82, 2.24) is 19.3 Å². The van der Waals surface area contributed by atoms with Gasteiger partial charge in [0.2, 0.25) is 0 Å². The van der Waals surface area contributed by atoms with Gasteiger partial charge in [0, 0.05) is 38.1 Å². The minimum Gasteiger partial charge on any atom is -0.506 e. The van der Waals surface area contributed by atoms with Crippen LogP contribution in [0.25, 0.3) is 45.1 Å². The fraction of sp³-hybridized carbons (Fsp3) is 0.200. The number of phenolic OH excluding ortho intramolecular Hbond substituents is 1. The molecule has 0 aliphatic rings. The standard InChI is InChI=1S/C35H33N4O.Pt/c1-22(2)27-14-11-15-28(23(3)4)34(27)38-31-17-7-6-16-29(31)36-35(38)26-13-10-12-25(21-26)30-20-24(5)39(37-30)32-18-8-9-19-33(32)40;/h6-20,22-23,40H,1-5H3;/q-1;. The number of fused-ring (bicyclic) bond motifs is 1. The quantitative estimate of drug-likeness (QED) is 0.176. The van der Waals surface area contributed by atoms with Gasteiger partial charge in [-0.1, -0.05) is 81.3 Å². The maximum atomic E-state index is 10.4. The molecule has 0 aliphatic carbocycles. The number of hydrogen-bond acceptors (Lipinski definition) is 3. The van der Waals surface area contributed by atoms with Gasteiger partial charge in [-0.05, 0) is 60.2 Å². The third-order valence-corrected chi connectivity index (χ3v) is 7.44. The third kappa shape index (κ3) is 5.15. The number of benzene rings is 4. The normalized spacial score (nSPS) is 11.4. The van der Waals surface area contributed by atoms with Crippen LogP contribution in [0.5, 0.6) is 5.75 Å². The zero-order chi connectivity index (χ0) is 28.0. The molecule has 0 saturated heterocycles. The molecule has 4 aromatic carbocycles. The molecule has 0 atom stereocenters. The number of aromatic nitrogens is 4. The van der Waals surface area contributed by atoms with E-state index in [0.29, 0.717) is 17.5 Å². The molecule has 0 radical (unpaired) electrons. The maximum absolute atomic E-state index is 10.4. The van der Waals surface area contributed by atoms with Crippen LogP contribution in [0.2, 0.25) is 0 Å². The van der Waals surface area contributed by atoms with Crippen molar-refractivity contribution in [3.05, 3.63) is 114 Å². The largest absolute Gasteiger partial charge is 0.506 e. The van der Waals surface area contributed by atoms with Crippen LogP contribution in [-0.4, -0.2) is 24.4 Å². The Bertz CT molecular complexity index is 1820. The first-order valence-corrected chi connectivity index (χ1v) is 13.8. The van der Waals surface area contributed by atoms with Gasteiger partial charge >= 0.3 is 0 Å². The van der Waals surface area contributed by atoms with E-state index in [4.69, 9.17) is 10.1 Å². The first-order chi connectivity index (χ1) is 19.3. The molecule has 210 valence electrons. The molecule has 2 aromatic heterocycles. The first kappa shape index (κ1) is 28.6. The molecule has 6 aromatic rings. The number of aromatic hydroxyl groups is 1. The summed E-state index contributed by atoms with van der Waals surface area (Å²) in [4.78, 5) is 5.15. The molecule has 2 heterocycles. The van der Waals surface area contributed by atoms with E-state index in [1.165, 1.54) is 16.8 Å². The van der Waals surface area contributed by atoms with Crippen LogP contribution in [0.4, 0.5) is 0 Å². The minimum atomic E-state index is 0. The van der Waals surface area contributed by atoms with Crippen molar-refractivity contribution in [1.29, 1.82) is 0 Å². The van der Waals surface area contributed by atoms with E-state index in [9.17, 15) is 5.11 Å². The van der Waals surface area contributed by atoms with Crippen LogP contribution in [0, 0.1) is 13.0 Å². The zero-order valence-electron chi connectivity index (χ0n) is 23.9. The average molecular weight is 721 g/mol. The van der Waals surface area contributed by atoms with Gasteiger partial charge in [0.05, 0.1) is 16.9 Å². The third-order valence-electron chi connectivity index (χ3n) is 7.44. The molecule has 5 nitrogen and oxygen atoms in total. The van der Waals surface area contributed by atoms with Gasteiger partial charge in [0.25, 0.3) is 0 Å². The fourth-order valence-electron chi connectivity index (χ4n) is 5.45. The number of imidazole rings is 1. The number of aryl methyl sites for hydroxylation is 1. The number of rotatable bonds is 6. The average Bonchev–Trinajstić information content (AvgIpc) is 3.53. The molecule has 0 fully saturated rings. The van der Waals surface area contributed by atoms with Crippen LogP contribution >= 0.6 is 0 Å². The Balaban J connectivity index is 0.00000337. The van der Waals surface area contributed by atoms with E-state index < -0.39 is 0 Å². The van der Waals surface area contributed by atoms with Gasteiger partial charge in [-0.2, -0.15) is 0 Å². The molecule has 0 bridgehead atoms. The second-order valence-corrected chi connectivity index (χ2v) is 10.9. The number of nitrogens with zero attached hydrogens (tertiary/aromatic N) is 4. The summed E-state index contributed by atoms with van der Waals surface area (Å²) >= 11 is 0. The Morgan fingerprint density at radius 3 is 2.10 bits per heavy atom. The van der Waals surface area contributed by atoms with E-state index in [2.05, 4.69) is 80.8 Å². The smallest absolute Gasteiger partial charge is 0.141 e. The monoisotopic (exact) mass is 720 g/mol. The van der Waals surface area contributed by atoms with E-state index >= 15 is 0 Å². The topological polar surface area (TPSA) is 55.9 Å². The van der Waals surface area contributed by atoms with E-state index in [1.54, 1.807) is 10.7 Å². The second kappa shape index (κ2) is 11.5. The second-order valence-electron chi connectivity index (χ2n) is 10.9. The Morgan fingerprint density at radius 1 is 0.756 bits per heavy atom. The maximum Gasteiger partial charge on any atom is 0.141 e. The zero-order valence-corrected chi connectivity index (χ0v) is 26.1. The summed E-state index contributed by atoms with van der Waals surface area (Å²) in [5, 5.41) is 15.3. The van der Waals surface area contributed by atoms with Crippen molar-refractivity contribution in [2.45, 2.75) is 46.5 Å². The van der Waals surface area contributed by atoms with Crippen LogP contribution in [-0.2, 0) is 21.1 Å². The van der Waals surface area contributed by atoms with E-state index in [0.717, 1.165) is 39.4 Å². The molecule has 41 heavy (non-hydrogen) atoms. The van der Waals surface area contributed by atoms with E-state index in [-0.39, 0.29) is 26.8 Å². The molecule has 0 saturated carbocycles. The number of para-hydroxylation sites is 5. The van der Waals surface area contributed by atoms with Crippen molar-refractivity contribution in [2.75, 3.05) is 0 Å². The molecule has 6 heteroatoms. The van der Waals surface area contributed by atoms with Crippen molar-refractivity contribution < 1.29 is 26.2 Å². The van der Waals surface area contributed by atoms with Gasteiger partial charge in [0.15, 0.2) is 0 Å². The van der Waals surface area contributed by atoms with Crippen molar-refractivity contribution in [3.63, 3.8) is 0 Å². The predicted molar refractivity (Wildman–Crippen MR) is 162 cm³/mol.